The molecule has 4 rings (SSSR count). The molecule has 2 heterocycles. The number of hydrogen-bond acceptors (Lipinski definition) is 3. The van der Waals surface area contributed by atoms with E-state index in [1.54, 1.807) is 6.26 Å². The Balaban J connectivity index is 0.00000240. The normalized spacial score (nSPS) is 27.6. The second-order valence-electron chi connectivity index (χ2n) is 8.81. The van der Waals surface area contributed by atoms with Gasteiger partial charge < -0.3 is 20.0 Å². The molecule has 29 heavy (non-hydrogen) atoms. The summed E-state index contributed by atoms with van der Waals surface area (Å²) in [6.07, 6.45) is 10.7. The predicted molar refractivity (Wildman–Crippen MR) is 126 cm³/mol. The Morgan fingerprint density at radius 3 is 2.83 bits per heavy atom. The van der Waals surface area contributed by atoms with E-state index in [1.807, 2.05) is 12.1 Å². The lowest BCUT2D eigenvalue weighted by atomic mass is 9.86. The van der Waals surface area contributed by atoms with E-state index in [1.165, 1.54) is 38.5 Å². The number of carbonyl (C=O) groups is 1. The van der Waals surface area contributed by atoms with Gasteiger partial charge in [0.15, 0.2) is 5.96 Å². The van der Waals surface area contributed by atoms with Crippen LogP contribution in [0.2, 0.25) is 0 Å². The average molecular weight is 514 g/mol. The van der Waals surface area contributed by atoms with Gasteiger partial charge in [-0.15, -0.1) is 24.0 Å². The Hall–Kier alpha value is -1.25. The van der Waals surface area contributed by atoms with Gasteiger partial charge in [0.05, 0.1) is 6.26 Å². The number of carbonyl (C=O) groups excluding carboxylic acids is 1. The zero-order valence-corrected chi connectivity index (χ0v) is 19.8. The van der Waals surface area contributed by atoms with Crippen molar-refractivity contribution in [3.05, 3.63) is 24.2 Å². The third-order valence-electron chi connectivity index (χ3n) is 6.41. The van der Waals surface area contributed by atoms with Crippen LogP contribution in [0.4, 0.5) is 0 Å². The fourth-order valence-electron chi connectivity index (χ4n) is 4.51. The van der Waals surface area contributed by atoms with Crippen LogP contribution >= 0.6 is 24.0 Å². The maximum Gasteiger partial charge on any atom is 0.223 e. The van der Waals surface area contributed by atoms with Gasteiger partial charge in [-0.05, 0) is 43.7 Å². The van der Waals surface area contributed by atoms with Crippen molar-refractivity contribution in [3.8, 4) is 0 Å². The fourth-order valence-corrected chi connectivity index (χ4v) is 4.51. The van der Waals surface area contributed by atoms with E-state index in [0.29, 0.717) is 42.8 Å². The molecule has 1 saturated heterocycles. The second-order valence-corrected chi connectivity index (χ2v) is 8.81. The summed E-state index contributed by atoms with van der Waals surface area (Å²) < 4.78 is 5.43. The Kier molecular flexibility index (Phi) is 8.26. The molecule has 3 aliphatic rings. The van der Waals surface area contributed by atoms with Crippen LogP contribution in [0.15, 0.2) is 27.8 Å². The zero-order valence-electron chi connectivity index (χ0n) is 17.4. The lowest BCUT2D eigenvalue weighted by Gasteiger charge is -2.31. The van der Waals surface area contributed by atoms with Crippen molar-refractivity contribution in [1.29, 1.82) is 0 Å². The zero-order chi connectivity index (χ0) is 19.3. The first-order valence-corrected chi connectivity index (χ1v) is 11.1. The first-order valence-electron chi connectivity index (χ1n) is 11.1. The smallest absolute Gasteiger partial charge is 0.223 e. The first kappa shape index (κ1) is 22.4. The van der Waals surface area contributed by atoms with E-state index >= 15 is 0 Å². The van der Waals surface area contributed by atoms with Crippen LogP contribution in [0.1, 0.15) is 57.6 Å². The van der Waals surface area contributed by atoms with Crippen LogP contribution in [-0.2, 0) is 11.2 Å². The second kappa shape index (κ2) is 10.7. The molecule has 0 radical (unpaired) electrons. The highest BCUT2D eigenvalue weighted by atomic mass is 127. The molecule has 0 bridgehead atoms. The third kappa shape index (κ3) is 6.36. The predicted octanol–water partition coefficient (Wildman–Crippen LogP) is 3.56. The van der Waals surface area contributed by atoms with Crippen LogP contribution < -0.4 is 10.6 Å². The van der Waals surface area contributed by atoms with Gasteiger partial charge in [0, 0.05) is 50.5 Å². The number of furan rings is 1. The van der Waals surface area contributed by atoms with Gasteiger partial charge in [-0.1, -0.05) is 19.8 Å². The van der Waals surface area contributed by atoms with E-state index in [4.69, 9.17) is 9.41 Å². The molecule has 1 aromatic heterocycles. The Bertz CT molecular complexity index is 674. The summed E-state index contributed by atoms with van der Waals surface area (Å²) in [4.78, 5) is 19.2. The maximum absolute atomic E-state index is 12.2. The van der Waals surface area contributed by atoms with E-state index in [0.717, 1.165) is 31.2 Å². The molecule has 1 aliphatic heterocycles. The Morgan fingerprint density at radius 1 is 1.28 bits per heavy atom. The lowest BCUT2D eigenvalue weighted by molar-refractivity contribution is -0.128. The van der Waals surface area contributed by atoms with Gasteiger partial charge in [0.1, 0.15) is 5.76 Å². The van der Waals surface area contributed by atoms with Gasteiger partial charge >= 0.3 is 0 Å². The van der Waals surface area contributed by atoms with Gasteiger partial charge in [-0.3, -0.25) is 9.79 Å². The van der Waals surface area contributed by atoms with Crippen molar-refractivity contribution in [3.63, 3.8) is 0 Å². The number of nitrogens with zero attached hydrogens (tertiary/aromatic N) is 2. The third-order valence-corrected chi connectivity index (χ3v) is 6.41. The molecule has 2 N–H and O–H groups in total. The molecular weight excluding hydrogens is 479 g/mol. The monoisotopic (exact) mass is 514 g/mol. The van der Waals surface area contributed by atoms with E-state index < -0.39 is 0 Å². The minimum atomic E-state index is 0. The van der Waals surface area contributed by atoms with Crippen molar-refractivity contribution in [1.82, 2.24) is 15.5 Å². The minimum absolute atomic E-state index is 0. The number of rotatable bonds is 7. The lowest BCUT2D eigenvalue weighted by Crippen LogP contribution is -2.47. The molecular formula is C22H35IN4O2. The van der Waals surface area contributed by atoms with E-state index in [9.17, 15) is 4.79 Å². The number of nitrogens with one attached hydrogen (secondary N) is 2. The Morgan fingerprint density at radius 2 is 2.10 bits per heavy atom. The average Bonchev–Trinajstić information content (AvgIpc) is 3.26. The summed E-state index contributed by atoms with van der Waals surface area (Å²) in [6, 6.07) is 4.94. The highest BCUT2D eigenvalue weighted by Crippen LogP contribution is 2.32. The number of halogens is 1. The summed E-state index contributed by atoms with van der Waals surface area (Å²) >= 11 is 0. The van der Waals surface area contributed by atoms with Gasteiger partial charge in [-0.25, -0.2) is 0 Å². The number of amides is 1. The highest BCUT2D eigenvalue weighted by Gasteiger charge is 2.39. The molecule has 6 nitrogen and oxygen atoms in total. The molecule has 7 heteroatoms. The van der Waals surface area contributed by atoms with Crippen molar-refractivity contribution in [2.75, 3.05) is 19.6 Å². The van der Waals surface area contributed by atoms with E-state index in [2.05, 4.69) is 22.5 Å². The first-order chi connectivity index (χ1) is 13.7. The molecule has 0 spiro atoms. The van der Waals surface area contributed by atoms with Crippen LogP contribution in [0, 0.1) is 11.8 Å². The standard InChI is InChI=1S/C22H34N4O2.HI/c1-16-5-2-3-7-20(16)25-22(23-11-10-19-6-4-12-28-19)24-14-17-13-21(27)26(15-17)18-8-9-18;/h4,6,12,16-18,20H,2-3,5,7-11,13-15H2,1H3,(H2,23,24,25);1H. The summed E-state index contributed by atoms with van der Waals surface area (Å²) in [7, 11) is 0. The van der Waals surface area contributed by atoms with E-state index in [-0.39, 0.29) is 24.0 Å². The Labute approximate surface area is 191 Å². The van der Waals surface area contributed by atoms with Crippen LogP contribution in [0.5, 0.6) is 0 Å². The van der Waals surface area contributed by atoms with Crippen LogP contribution in [0.25, 0.3) is 0 Å². The number of hydrogen-bond donors (Lipinski definition) is 2. The molecule has 162 valence electrons. The molecule has 1 amide bonds. The highest BCUT2D eigenvalue weighted by molar-refractivity contribution is 14.0. The molecule has 2 saturated carbocycles. The van der Waals surface area contributed by atoms with Crippen LogP contribution in [-0.4, -0.2) is 48.5 Å². The molecule has 3 fully saturated rings. The maximum atomic E-state index is 12.2. The SMILES string of the molecule is CC1CCCCC1NC(=NCC1CC(=O)N(C2CC2)C1)NCCc1ccco1.I. The van der Waals surface area contributed by atoms with Gasteiger partial charge in [0.25, 0.3) is 0 Å². The molecule has 1 aromatic rings. The summed E-state index contributed by atoms with van der Waals surface area (Å²) in [5.74, 6) is 3.22. The topological polar surface area (TPSA) is 69.9 Å². The van der Waals surface area contributed by atoms with Gasteiger partial charge in [0.2, 0.25) is 5.91 Å². The minimum Gasteiger partial charge on any atom is -0.469 e. The largest absolute Gasteiger partial charge is 0.469 e. The quantitative estimate of drug-likeness (QED) is 0.332. The van der Waals surface area contributed by atoms with Crippen molar-refractivity contribution in [2.24, 2.45) is 16.8 Å². The molecule has 0 aromatic carbocycles. The molecule has 3 atom stereocenters. The molecule has 3 unspecified atom stereocenters. The number of likely N-dealkylation sites (tertiary alicyclic amines) is 1. The molecule has 2 aliphatic carbocycles. The summed E-state index contributed by atoms with van der Waals surface area (Å²) in [5, 5.41) is 7.16. The number of aliphatic imine (C=N–C) groups is 1. The van der Waals surface area contributed by atoms with Crippen LogP contribution in [0.3, 0.4) is 0 Å². The summed E-state index contributed by atoms with van der Waals surface area (Å²) in [6.45, 7) is 4.72. The number of guanidine groups is 1. The van der Waals surface area contributed by atoms with Crippen molar-refractivity contribution < 1.29 is 9.21 Å². The van der Waals surface area contributed by atoms with Gasteiger partial charge in [-0.2, -0.15) is 0 Å². The van der Waals surface area contributed by atoms with Crippen molar-refractivity contribution in [2.45, 2.75) is 70.4 Å². The van der Waals surface area contributed by atoms with Crippen molar-refractivity contribution >= 4 is 35.8 Å². The fraction of sp³-hybridized carbons (Fsp3) is 0.727. The summed E-state index contributed by atoms with van der Waals surface area (Å²) in [5.41, 5.74) is 0.